The van der Waals surface area contributed by atoms with E-state index in [-0.39, 0.29) is 35.0 Å². The van der Waals surface area contributed by atoms with Crippen LogP contribution >= 0.6 is 0 Å². The van der Waals surface area contributed by atoms with Gasteiger partial charge in [0.05, 0.1) is 0 Å². The van der Waals surface area contributed by atoms with Gasteiger partial charge in [0.1, 0.15) is 0 Å². The van der Waals surface area contributed by atoms with E-state index in [1.807, 2.05) is 6.92 Å². The number of aliphatic hydroxyl groups excluding tert-OH is 1. The summed E-state index contributed by atoms with van der Waals surface area (Å²) in [5.41, 5.74) is -2.27. The number of carbonyl (C=O) groups is 1. The third-order valence-corrected chi connectivity index (χ3v) is 14.2. The molecule has 5 saturated carbocycles. The molecule has 0 spiro atoms. The molecule has 4 N–H and O–H groups in total. The Morgan fingerprint density at radius 1 is 0.800 bits per heavy atom. The molecule has 2 unspecified atom stereocenters. The van der Waals surface area contributed by atoms with Crippen molar-refractivity contribution in [3.8, 4) is 0 Å². The fourth-order valence-corrected chi connectivity index (χ4v) is 11.7. The highest BCUT2D eigenvalue weighted by atomic mass is 16.5. The Balaban J connectivity index is 1.60. The normalized spacial score (nSPS) is 58.1. The minimum Gasteiger partial charge on any atom is -0.479 e. The maximum Gasteiger partial charge on any atom is 0.336 e. The van der Waals surface area contributed by atoms with Crippen LogP contribution in [0.25, 0.3) is 0 Å². The maximum atomic E-state index is 12.7. The number of hydrogen-bond acceptors (Lipinski definition) is 4. The molecule has 5 rings (SSSR count). The molecule has 12 atom stereocenters. The Kier molecular flexibility index (Phi) is 5.88. The topological polar surface area (TPSA) is 98.0 Å². The summed E-state index contributed by atoms with van der Waals surface area (Å²) in [7, 11) is 0. The Bertz CT molecular complexity index is 873. The summed E-state index contributed by atoms with van der Waals surface area (Å²) < 4.78 is 0. The fraction of sp³-hybridized carbons (Fsp3) is 0.967. The highest BCUT2D eigenvalue weighted by Crippen LogP contribution is 2.77. The molecule has 0 aliphatic heterocycles. The van der Waals surface area contributed by atoms with E-state index < -0.39 is 23.3 Å². The van der Waals surface area contributed by atoms with Crippen molar-refractivity contribution in [2.45, 2.75) is 118 Å². The first-order valence-electron chi connectivity index (χ1n) is 14.5. The SMILES string of the molecule is C[C@@H]1[C@H]2[C@H]3CC[C@@H]4[C@]5(C)[C@@H](CC[C@@]4(C)[C@]3(C)CC[C@@]2(C)CC[C@H]1C)C(C(O)O)CCC5(O)C(=O)O. The van der Waals surface area contributed by atoms with Crippen molar-refractivity contribution in [3.05, 3.63) is 0 Å². The summed E-state index contributed by atoms with van der Waals surface area (Å²) in [6, 6.07) is 0. The molecule has 35 heavy (non-hydrogen) atoms. The van der Waals surface area contributed by atoms with Gasteiger partial charge in [-0.2, -0.15) is 0 Å². The zero-order chi connectivity index (χ0) is 25.8. The van der Waals surface area contributed by atoms with E-state index in [4.69, 9.17) is 0 Å². The molecule has 0 aromatic heterocycles. The third kappa shape index (κ3) is 3.07. The number of rotatable bonds is 2. The van der Waals surface area contributed by atoms with Gasteiger partial charge in [0, 0.05) is 11.3 Å². The molecule has 0 heterocycles. The van der Waals surface area contributed by atoms with Crippen molar-refractivity contribution in [3.63, 3.8) is 0 Å². The minimum absolute atomic E-state index is 0.0540. The fourth-order valence-electron chi connectivity index (χ4n) is 11.7. The van der Waals surface area contributed by atoms with E-state index in [1.165, 1.54) is 25.7 Å². The van der Waals surface area contributed by atoms with E-state index >= 15 is 0 Å². The Morgan fingerprint density at radius 2 is 1.49 bits per heavy atom. The lowest BCUT2D eigenvalue weighted by molar-refractivity contribution is -0.294. The molecule has 0 amide bonds. The van der Waals surface area contributed by atoms with Crippen LogP contribution in [0.15, 0.2) is 0 Å². The standard InChI is InChI=1S/C30H50O5/c1-17-9-12-26(3)15-16-27(4)21(23(26)18(17)2)7-8-22-28(27,5)13-11-20-19(24(31)32)10-14-30(35,25(33)34)29(20,22)6/h17-24,31-32,35H,7-16H2,1-6H3,(H,33,34)/t17-,18+,19?,20+,21-,22+,23+,26-,27-,28-,29+,30?/m1/s1. The monoisotopic (exact) mass is 490 g/mol. The van der Waals surface area contributed by atoms with Crippen molar-refractivity contribution in [1.82, 2.24) is 0 Å². The van der Waals surface area contributed by atoms with Crippen LogP contribution in [0, 0.1) is 63.1 Å². The van der Waals surface area contributed by atoms with Crippen LogP contribution in [0.3, 0.4) is 0 Å². The van der Waals surface area contributed by atoms with Gasteiger partial charge in [-0.3, -0.25) is 0 Å². The number of carboxylic acid groups (broad SMARTS) is 1. The second kappa shape index (κ2) is 7.93. The molecule has 5 fully saturated rings. The average molecular weight is 491 g/mol. The van der Waals surface area contributed by atoms with Gasteiger partial charge in [0.2, 0.25) is 0 Å². The predicted octanol–water partition coefficient (Wildman–Crippen LogP) is 5.46. The molecule has 5 nitrogen and oxygen atoms in total. The van der Waals surface area contributed by atoms with Crippen molar-refractivity contribution in [1.29, 1.82) is 0 Å². The number of hydrogen-bond donors (Lipinski definition) is 4. The smallest absolute Gasteiger partial charge is 0.336 e. The van der Waals surface area contributed by atoms with Gasteiger partial charge >= 0.3 is 5.97 Å². The molecular weight excluding hydrogens is 440 g/mol. The number of aliphatic carboxylic acids is 1. The number of fused-ring (bicyclic) bond motifs is 7. The van der Waals surface area contributed by atoms with Gasteiger partial charge in [-0.15, -0.1) is 0 Å². The van der Waals surface area contributed by atoms with Gasteiger partial charge in [0.15, 0.2) is 11.9 Å². The maximum absolute atomic E-state index is 12.7. The third-order valence-electron chi connectivity index (χ3n) is 14.2. The molecule has 0 saturated heterocycles. The second-order valence-corrected chi connectivity index (χ2v) is 14.8. The van der Waals surface area contributed by atoms with Crippen molar-refractivity contribution in [2.24, 2.45) is 63.1 Å². The predicted molar refractivity (Wildman–Crippen MR) is 135 cm³/mol. The first kappa shape index (κ1) is 26.0. The van der Waals surface area contributed by atoms with Crippen LogP contribution in [-0.4, -0.2) is 38.3 Å². The van der Waals surface area contributed by atoms with Gasteiger partial charge in [0.25, 0.3) is 0 Å². The molecule has 0 aromatic carbocycles. The lowest BCUT2D eigenvalue weighted by Gasteiger charge is -2.74. The van der Waals surface area contributed by atoms with Gasteiger partial charge < -0.3 is 20.4 Å². The first-order chi connectivity index (χ1) is 16.2. The zero-order valence-electron chi connectivity index (χ0n) is 22.9. The van der Waals surface area contributed by atoms with Crippen LogP contribution < -0.4 is 0 Å². The molecule has 5 aliphatic rings. The van der Waals surface area contributed by atoms with Gasteiger partial charge in [-0.1, -0.05) is 41.5 Å². The number of aliphatic hydroxyl groups is 3. The van der Waals surface area contributed by atoms with Crippen molar-refractivity contribution >= 4 is 5.97 Å². The molecule has 200 valence electrons. The highest BCUT2D eigenvalue weighted by molar-refractivity contribution is 5.79. The summed E-state index contributed by atoms with van der Waals surface area (Å²) in [4.78, 5) is 12.7. The molecule has 5 aliphatic carbocycles. The average Bonchev–Trinajstić information content (AvgIpc) is 2.78. The Labute approximate surface area is 212 Å². The highest BCUT2D eigenvalue weighted by Gasteiger charge is 2.74. The van der Waals surface area contributed by atoms with Crippen LogP contribution in [0.2, 0.25) is 0 Å². The van der Waals surface area contributed by atoms with E-state index in [0.717, 1.165) is 31.6 Å². The van der Waals surface area contributed by atoms with E-state index in [2.05, 4.69) is 34.6 Å². The summed E-state index contributed by atoms with van der Waals surface area (Å²) in [6.45, 7) is 14.4. The molecule has 0 radical (unpaired) electrons. The van der Waals surface area contributed by atoms with Gasteiger partial charge in [-0.05, 0) is 116 Å². The Morgan fingerprint density at radius 3 is 2.11 bits per heavy atom. The summed E-state index contributed by atoms with van der Waals surface area (Å²) in [6.07, 6.45) is 7.82. The zero-order valence-corrected chi connectivity index (χ0v) is 22.9. The summed E-state index contributed by atoms with van der Waals surface area (Å²) >= 11 is 0. The second-order valence-electron chi connectivity index (χ2n) is 14.8. The lowest BCUT2D eigenvalue weighted by Crippen LogP contribution is -2.72. The summed E-state index contributed by atoms with van der Waals surface area (Å²) in [5, 5.41) is 42.8. The quantitative estimate of drug-likeness (QED) is 0.385. The minimum atomic E-state index is -1.82. The number of carboxylic acids is 1. The summed E-state index contributed by atoms with van der Waals surface area (Å²) in [5.74, 6) is 1.13. The van der Waals surface area contributed by atoms with Gasteiger partial charge in [-0.25, -0.2) is 4.79 Å². The van der Waals surface area contributed by atoms with Crippen molar-refractivity contribution in [2.75, 3.05) is 0 Å². The molecule has 0 aromatic rings. The van der Waals surface area contributed by atoms with Crippen LogP contribution in [-0.2, 0) is 4.79 Å². The molecule has 5 heteroatoms. The Hall–Kier alpha value is -0.650. The van der Waals surface area contributed by atoms with Crippen LogP contribution in [0.4, 0.5) is 0 Å². The van der Waals surface area contributed by atoms with E-state index in [0.29, 0.717) is 29.6 Å². The molecule has 0 bridgehead atoms. The van der Waals surface area contributed by atoms with Crippen LogP contribution in [0.5, 0.6) is 0 Å². The molecular formula is C30H50O5. The van der Waals surface area contributed by atoms with Crippen LogP contribution in [0.1, 0.15) is 106 Å². The lowest BCUT2D eigenvalue weighted by atomic mass is 9.30. The van der Waals surface area contributed by atoms with E-state index in [9.17, 15) is 25.2 Å². The first-order valence-corrected chi connectivity index (χ1v) is 14.5. The largest absolute Gasteiger partial charge is 0.479 e. The van der Waals surface area contributed by atoms with E-state index in [1.54, 1.807) is 0 Å². The van der Waals surface area contributed by atoms with Crippen molar-refractivity contribution < 1.29 is 25.2 Å².